The smallest absolute Gasteiger partial charge is 0.257 e. The molecule has 1 fully saturated rings. The molecule has 1 aliphatic heterocycles. The number of carbonyl (C=O) groups excluding carboxylic acids is 1. The van der Waals surface area contributed by atoms with Gasteiger partial charge in [-0.15, -0.1) is 0 Å². The molecule has 0 bridgehead atoms. The van der Waals surface area contributed by atoms with Crippen LogP contribution >= 0.6 is 11.6 Å². The van der Waals surface area contributed by atoms with Gasteiger partial charge in [-0.2, -0.15) is 5.10 Å². The number of H-pyrrole nitrogens is 1. The Morgan fingerprint density at radius 1 is 1.43 bits per heavy atom. The lowest BCUT2D eigenvalue weighted by Crippen LogP contribution is -2.39. The van der Waals surface area contributed by atoms with E-state index in [0.717, 1.165) is 19.3 Å². The first-order valence-corrected chi connectivity index (χ1v) is 7.16. The maximum absolute atomic E-state index is 13.9. The van der Waals surface area contributed by atoms with Gasteiger partial charge in [-0.3, -0.25) is 9.89 Å². The van der Waals surface area contributed by atoms with E-state index in [1.54, 1.807) is 4.90 Å². The first-order valence-electron chi connectivity index (χ1n) is 6.78. The fraction of sp³-hybridized carbons (Fsp3) is 0.357. The molecule has 3 rings (SSSR count). The highest BCUT2D eigenvalue weighted by atomic mass is 35.5. The lowest BCUT2D eigenvalue weighted by Gasteiger charge is -2.34. The molecule has 0 saturated carbocycles. The second-order valence-corrected chi connectivity index (χ2v) is 5.44. The van der Waals surface area contributed by atoms with Gasteiger partial charge in [0.1, 0.15) is 18.0 Å². The largest absolute Gasteiger partial charge is 0.328 e. The fourth-order valence-electron chi connectivity index (χ4n) is 2.65. The number of piperidine rings is 1. The van der Waals surface area contributed by atoms with Crippen molar-refractivity contribution in [3.8, 4) is 0 Å². The Labute approximate surface area is 126 Å². The number of hydrogen-bond acceptors (Lipinski definition) is 3. The SMILES string of the molecule is O=C(c1cc(Cl)ccc1F)N1CCCCC1c1ncn[nH]1. The van der Waals surface area contributed by atoms with E-state index in [1.165, 1.54) is 24.5 Å². The number of nitrogens with one attached hydrogen (secondary N) is 1. The van der Waals surface area contributed by atoms with Crippen molar-refractivity contribution in [3.63, 3.8) is 0 Å². The highest BCUT2D eigenvalue weighted by Crippen LogP contribution is 2.30. The third kappa shape index (κ3) is 2.76. The van der Waals surface area contributed by atoms with Gasteiger partial charge in [-0.05, 0) is 37.5 Å². The minimum atomic E-state index is -0.564. The molecule has 2 heterocycles. The maximum Gasteiger partial charge on any atom is 0.257 e. The molecule has 0 aliphatic carbocycles. The van der Waals surface area contributed by atoms with Crippen LogP contribution in [0, 0.1) is 5.82 Å². The molecule has 0 radical (unpaired) electrons. The van der Waals surface area contributed by atoms with E-state index in [-0.39, 0.29) is 17.5 Å². The standard InChI is InChI=1S/C14H14ClFN4O/c15-9-4-5-11(16)10(7-9)14(21)20-6-2-1-3-12(20)13-17-8-18-19-13/h4-5,7-8,12H,1-3,6H2,(H,17,18,19). The highest BCUT2D eigenvalue weighted by Gasteiger charge is 2.31. The third-order valence-corrected chi connectivity index (χ3v) is 3.91. The summed E-state index contributed by atoms with van der Waals surface area (Å²) in [6.45, 7) is 0.566. The molecule has 1 N–H and O–H groups in total. The average Bonchev–Trinajstić information content (AvgIpc) is 3.03. The third-order valence-electron chi connectivity index (χ3n) is 3.67. The Bertz CT molecular complexity index is 646. The number of rotatable bonds is 2. The quantitative estimate of drug-likeness (QED) is 0.927. The predicted molar refractivity (Wildman–Crippen MR) is 75.4 cm³/mol. The number of amides is 1. The molecule has 1 unspecified atom stereocenters. The Kier molecular flexibility index (Phi) is 3.88. The summed E-state index contributed by atoms with van der Waals surface area (Å²) in [5.74, 6) is -0.298. The van der Waals surface area contributed by atoms with Gasteiger partial charge >= 0.3 is 0 Å². The lowest BCUT2D eigenvalue weighted by molar-refractivity contribution is 0.0595. The van der Waals surface area contributed by atoms with Gasteiger partial charge < -0.3 is 4.90 Å². The minimum absolute atomic E-state index is 0.00563. The Morgan fingerprint density at radius 2 is 2.29 bits per heavy atom. The molecule has 21 heavy (non-hydrogen) atoms. The summed E-state index contributed by atoms with van der Waals surface area (Å²) in [7, 11) is 0. The van der Waals surface area contributed by atoms with Crippen LogP contribution in [-0.4, -0.2) is 32.5 Å². The predicted octanol–water partition coefficient (Wildman–Crippen LogP) is 2.96. The number of benzene rings is 1. The molecule has 0 spiro atoms. The van der Waals surface area contributed by atoms with E-state index in [9.17, 15) is 9.18 Å². The number of nitrogens with zero attached hydrogens (tertiary/aromatic N) is 3. The molecule has 5 nitrogen and oxygen atoms in total. The lowest BCUT2D eigenvalue weighted by atomic mass is 10.00. The van der Waals surface area contributed by atoms with E-state index >= 15 is 0 Å². The zero-order valence-electron chi connectivity index (χ0n) is 11.2. The van der Waals surface area contributed by atoms with Crippen LogP contribution in [0.25, 0.3) is 0 Å². The monoisotopic (exact) mass is 308 g/mol. The van der Waals surface area contributed by atoms with Crippen molar-refractivity contribution in [2.24, 2.45) is 0 Å². The first-order chi connectivity index (χ1) is 10.2. The second-order valence-electron chi connectivity index (χ2n) is 5.01. The number of aromatic nitrogens is 3. The average molecular weight is 309 g/mol. The number of hydrogen-bond donors (Lipinski definition) is 1. The molecular formula is C14H14ClFN4O. The van der Waals surface area contributed by atoms with Crippen LogP contribution in [0.5, 0.6) is 0 Å². The van der Waals surface area contributed by atoms with Crippen LogP contribution in [0.1, 0.15) is 41.5 Å². The molecule has 1 aliphatic rings. The molecular weight excluding hydrogens is 295 g/mol. The van der Waals surface area contributed by atoms with E-state index in [1.807, 2.05) is 0 Å². The molecule has 2 aromatic rings. The Hall–Kier alpha value is -1.95. The molecule has 1 saturated heterocycles. The van der Waals surface area contributed by atoms with E-state index < -0.39 is 5.82 Å². The normalized spacial score (nSPS) is 18.8. The topological polar surface area (TPSA) is 61.9 Å². The van der Waals surface area contributed by atoms with Gasteiger partial charge in [0.2, 0.25) is 0 Å². The second kappa shape index (κ2) is 5.81. The fourth-order valence-corrected chi connectivity index (χ4v) is 2.82. The van der Waals surface area contributed by atoms with Crippen molar-refractivity contribution in [2.45, 2.75) is 25.3 Å². The molecule has 110 valence electrons. The molecule has 7 heteroatoms. The van der Waals surface area contributed by atoms with Crippen LogP contribution in [0.3, 0.4) is 0 Å². The summed E-state index contributed by atoms with van der Waals surface area (Å²) in [6, 6.07) is 3.80. The number of halogens is 2. The minimum Gasteiger partial charge on any atom is -0.328 e. The van der Waals surface area contributed by atoms with Crippen molar-refractivity contribution < 1.29 is 9.18 Å². The number of carbonyl (C=O) groups is 1. The van der Waals surface area contributed by atoms with Gasteiger partial charge in [0.25, 0.3) is 5.91 Å². The zero-order chi connectivity index (χ0) is 14.8. The molecule has 1 aromatic carbocycles. The highest BCUT2D eigenvalue weighted by molar-refractivity contribution is 6.31. The molecule has 1 amide bonds. The van der Waals surface area contributed by atoms with Crippen LogP contribution < -0.4 is 0 Å². The van der Waals surface area contributed by atoms with Crippen LogP contribution in [0.2, 0.25) is 5.02 Å². The van der Waals surface area contributed by atoms with Crippen LogP contribution in [-0.2, 0) is 0 Å². The molecule has 1 aromatic heterocycles. The van der Waals surface area contributed by atoms with E-state index in [2.05, 4.69) is 15.2 Å². The van der Waals surface area contributed by atoms with Gasteiger partial charge in [0, 0.05) is 11.6 Å². The summed E-state index contributed by atoms with van der Waals surface area (Å²) in [5, 5.41) is 6.96. The Balaban J connectivity index is 1.93. The van der Waals surface area contributed by atoms with Crippen molar-refractivity contribution in [2.75, 3.05) is 6.54 Å². The van der Waals surface area contributed by atoms with Crippen LogP contribution in [0.15, 0.2) is 24.5 Å². The van der Waals surface area contributed by atoms with Gasteiger partial charge in [-0.1, -0.05) is 11.6 Å². The number of aromatic amines is 1. The van der Waals surface area contributed by atoms with Crippen molar-refractivity contribution in [1.82, 2.24) is 20.1 Å². The van der Waals surface area contributed by atoms with Gasteiger partial charge in [0.15, 0.2) is 0 Å². The maximum atomic E-state index is 13.9. The van der Waals surface area contributed by atoms with Gasteiger partial charge in [0.05, 0.1) is 11.6 Å². The summed E-state index contributed by atoms with van der Waals surface area (Å²) in [6.07, 6.45) is 4.07. The van der Waals surface area contributed by atoms with Crippen molar-refractivity contribution in [3.05, 3.63) is 46.8 Å². The summed E-state index contributed by atoms with van der Waals surface area (Å²) in [4.78, 5) is 18.4. The summed E-state index contributed by atoms with van der Waals surface area (Å²) in [5.41, 5.74) is -0.00563. The summed E-state index contributed by atoms with van der Waals surface area (Å²) >= 11 is 5.87. The summed E-state index contributed by atoms with van der Waals surface area (Å²) < 4.78 is 13.9. The van der Waals surface area contributed by atoms with Gasteiger partial charge in [-0.25, -0.2) is 9.37 Å². The first kappa shape index (κ1) is 14.0. The Morgan fingerprint density at radius 3 is 3.05 bits per heavy atom. The van der Waals surface area contributed by atoms with Crippen LogP contribution in [0.4, 0.5) is 4.39 Å². The van der Waals surface area contributed by atoms with E-state index in [0.29, 0.717) is 17.4 Å². The number of likely N-dealkylation sites (tertiary alicyclic amines) is 1. The molecule has 1 atom stereocenters. The van der Waals surface area contributed by atoms with E-state index in [4.69, 9.17) is 11.6 Å². The zero-order valence-corrected chi connectivity index (χ0v) is 12.0. The van der Waals surface area contributed by atoms with Crippen molar-refractivity contribution >= 4 is 17.5 Å². The van der Waals surface area contributed by atoms with Crippen molar-refractivity contribution in [1.29, 1.82) is 0 Å².